The van der Waals surface area contributed by atoms with Crippen LogP contribution in [0, 0.1) is 0 Å². The molecule has 9 nitrogen and oxygen atoms in total. The summed E-state index contributed by atoms with van der Waals surface area (Å²) in [6.07, 6.45) is 0.956. The van der Waals surface area contributed by atoms with Gasteiger partial charge in [0.05, 0.1) is 4.90 Å². The quantitative estimate of drug-likeness (QED) is 0.625. The van der Waals surface area contributed by atoms with Crippen molar-refractivity contribution < 1.29 is 22.8 Å². The molecule has 2 fully saturated rings. The number of amides is 3. The molecule has 3 unspecified atom stereocenters. The van der Waals surface area contributed by atoms with Crippen LogP contribution >= 0.6 is 11.6 Å². The topological polar surface area (TPSA) is 107 Å². The molecule has 2 aromatic carbocycles. The van der Waals surface area contributed by atoms with E-state index in [9.17, 15) is 22.8 Å². The second-order valence-corrected chi connectivity index (χ2v) is 11.6. The van der Waals surface area contributed by atoms with Gasteiger partial charge in [0.2, 0.25) is 27.7 Å². The number of carbonyl (C=O) groups is 3. The van der Waals surface area contributed by atoms with E-state index in [-0.39, 0.29) is 35.2 Å². The summed E-state index contributed by atoms with van der Waals surface area (Å²) >= 11 is 6.02. The zero-order valence-corrected chi connectivity index (χ0v) is 21.5. The van der Waals surface area contributed by atoms with E-state index in [1.807, 2.05) is 0 Å². The van der Waals surface area contributed by atoms with Crippen LogP contribution in [0.25, 0.3) is 10.8 Å². The van der Waals surface area contributed by atoms with Crippen molar-refractivity contribution in [2.45, 2.75) is 49.7 Å². The number of hydrogen-bond donors (Lipinski definition) is 1. The van der Waals surface area contributed by atoms with Crippen LogP contribution in [-0.4, -0.2) is 85.1 Å². The van der Waals surface area contributed by atoms with Gasteiger partial charge in [0, 0.05) is 44.7 Å². The maximum atomic E-state index is 13.3. The molecule has 3 atom stereocenters. The van der Waals surface area contributed by atoms with E-state index in [2.05, 4.69) is 5.32 Å². The molecule has 2 aliphatic rings. The highest BCUT2D eigenvalue weighted by Crippen LogP contribution is 2.28. The highest BCUT2D eigenvalue weighted by Gasteiger charge is 2.44. The molecule has 4 rings (SSSR count). The molecule has 0 aromatic heterocycles. The van der Waals surface area contributed by atoms with Gasteiger partial charge in [-0.05, 0) is 54.8 Å². The van der Waals surface area contributed by atoms with Crippen molar-refractivity contribution in [3.8, 4) is 0 Å². The average molecular weight is 521 g/mol. The van der Waals surface area contributed by atoms with Crippen molar-refractivity contribution >= 4 is 50.1 Å². The number of nitrogens with zero attached hydrogens (tertiary/aromatic N) is 3. The summed E-state index contributed by atoms with van der Waals surface area (Å²) in [6.45, 7) is 4.29. The molecule has 35 heavy (non-hydrogen) atoms. The summed E-state index contributed by atoms with van der Waals surface area (Å²) in [7, 11) is -2.54. The summed E-state index contributed by atoms with van der Waals surface area (Å²) in [5.41, 5.74) is 0. The van der Waals surface area contributed by atoms with Crippen molar-refractivity contribution in [1.29, 1.82) is 0 Å². The number of fused-ring (bicyclic) bond motifs is 1. The van der Waals surface area contributed by atoms with Crippen LogP contribution < -0.4 is 5.32 Å². The Morgan fingerprint density at radius 2 is 1.80 bits per heavy atom. The minimum atomic E-state index is -3.94. The average Bonchev–Trinajstić information content (AvgIpc) is 3.43. The van der Waals surface area contributed by atoms with Crippen LogP contribution in [0.1, 0.15) is 26.7 Å². The number of likely N-dealkylation sites (tertiary alicyclic amines) is 2. The van der Waals surface area contributed by atoms with Gasteiger partial charge in [-0.25, -0.2) is 8.42 Å². The molecule has 188 valence electrons. The molecule has 0 saturated carbocycles. The van der Waals surface area contributed by atoms with Crippen LogP contribution in [0.2, 0.25) is 5.02 Å². The fourth-order valence-corrected chi connectivity index (χ4v) is 6.42. The summed E-state index contributed by atoms with van der Waals surface area (Å²) in [6, 6.07) is 8.27. The number of nitrogens with one attached hydrogen (secondary N) is 1. The number of likely N-dealkylation sites (N-methyl/N-ethyl adjacent to an activating group) is 1. The van der Waals surface area contributed by atoms with E-state index >= 15 is 0 Å². The normalized spacial score (nSPS) is 21.7. The van der Waals surface area contributed by atoms with Crippen LogP contribution in [-0.2, 0) is 24.4 Å². The Morgan fingerprint density at radius 3 is 2.51 bits per heavy atom. The lowest BCUT2D eigenvalue weighted by Crippen LogP contribution is -2.50. The van der Waals surface area contributed by atoms with Crippen LogP contribution in [0.3, 0.4) is 0 Å². The lowest BCUT2D eigenvalue weighted by Gasteiger charge is -2.29. The van der Waals surface area contributed by atoms with Gasteiger partial charge in [0.15, 0.2) is 0 Å². The van der Waals surface area contributed by atoms with Gasteiger partial charge < -0.3 is 15.1 Å². The number of benzene rings is 2. The predicted molar refractivity (Wildman–Crippen MR) is 132 cm³/mol. The number of halogens is 1. The highest BCUT2D eigenvalue weighted by molar-refractivity contribution is 7.89. The van der Waals surface area contributed by atoms with Gasteiger partial charge in [0.25, 0.3) is 0 Å². The third-order valence-electron chi connectivity index (χ3n) is 6.83. The lowest BCUT2D eigenvalue weighted by molar-refractivity contribution is -0.143. The molecule has 2 aliphatic heterocycles. The molecule has 3 amide bonds. The first-order valence-corrected chi connectivity index (χ1v) is 13.3. The molecule has 0 aliphatic carbocycles. The van der Waals surface area contributed by atoms with E-state index in [0.717, 1.165) is 15.1 Å². The first-order chi connectivity index (χ1) is 16.5. The number of carbonyl (C=O) groups excluding carboxylic acids is 3. The SMILES string of the molecule is CC(=O)NC1CCN(C(=O)C(C)N2CCC(N(C)S(=O)(=O)c3ccc4cc(Cl)ccc4c3)C2=O)C1. The van der Waals surface area contributed by atoms with Gasteiger partial charge in [-0.2, -0.15) is 4.31 Å². The number of rotatable bonds is 6. The van der Waals surface area contributed by atoms with E-state index in [1.54, 1.807) is 42.2 Å². The largest absolute Gasteiger partial charge is 0.352 e. The second kappa shape index (κ2) is 9.75. The van der Waals surface area contributed by atoms with Crippen LogP contribution in [0.5, 0.6) is 0 Å². The molecule has 11 heteroatoms. The molecule has 2 saturated heterocycles. The van der Waals surface area contributed by atoms with E-state index in [1.165, 1.54) is 24.9 Å². The van der Waals surface area contributed by atoms with E-state index in [0.29, 0.717) is 31.0 Å². The highest BCUT2D eigenvalue weighted by atomic mass is 35.5. The van der Waals surface area contributed by atoms with Crippen molar-refractivity contribution in [2.75, 3.05) is 26.7 Å². The van der Waals surface area contributed by atoms with Crippen LogP contribution in [0.15, 0.2) is 41.3 Å². The third kappa shape index (κ3) is 5.00. The van der Waals surface area contributed by atoms with Gasteiger partial charge in [0.1, 0.15) is 12.1 Å². The smallest absolute Gasteiger partial charge is 0.245 e. The zero-order chi connectivity index (χ0) is 25.5. The summed E-state index contributed by atoms with van der Waals surface area (Å²) in [4.78, 5) is 40.7. The van der Waals surface area contributed by atoms with Gasteiger partial charge >= 0.3 is 0 Å². The fourth-order valence-electron chi connectivity index (χ4n) is 4.86. The lowest BCUT2D eigenvalue weighted by atomic mass is 10.1. The molecular formula is C24H29ClN4O5S. The molecular weight excluding hydrogens is 492 g/mol. The third-order valence-corrected chi connectivity index (χ3v) is 8.93. The van der Waals surface area contributed by atoms with Crippen LogP contribution in [0.4, 0.5) is 0 Å². The molecule has 0 spiro atoms. The van der Waals surface area contributed by atoms with E-state index in [4.69, 9.17) is 11.6 Å². The Morgan fingerprint density at radius 1 is 1.11 bits per heavy atom. The first kappa shape index (κ1) is 25.4. The van der Waals surface area contributed by atoms with Crippen molar-refractivity contribution in [1.82, 2.24) is 19.4 Å². The fraction of sp³-hybridized carbons (Fsp3) is 0.458. The van der Waals surface area contributed by atoms with Crippen molar-refractivity contribution in [2.24, 2.45) is 0 Å². The summed E-state index contributed by atoms with van der Waals surface area (Å²) in [5.74, 6) is -0.734. The Hall–Kier alpha value is -2.69. The minimum Gasteiger partial charge on any atom is -0.352 e. The van der Waals surface area contributed by atoms with E-state index < -0.39 is 22.1 Å². The van der Waals surface area contributed by atoms with Gasteiger partial charge in [-0.15, -0.1) is 0 Å². The maximum absolute atomic E-state index is 13.3. The number of hydrogen-bond acceptors (Lipinski definition) is 5. The minimum absolute atomic E-state index is 0.0891. The van der Waals surface area contributed by atoms with Crippen molar-refractivity contribution in [3.63, 3.8) is 0 Å². The first-order valence-electron chi connectivity index (χ1n) is 11.5. The van der Waals surface area contributed by atoms with Gasteiger partial charge in [-0.1, -0.05) is 23.7 Å². The maximum Gasteiger partial charge on any atom is 0.245 e. The van der Waals surface area contributed by atoms with Gasteiger partial charge in [-0.3, -0.25) is 14.4 Å². The Kier molecular flexibility index (Phi) is 7.08. The predicted octanol–water partition coefficient (Wildman–Crippen LogP) is 1.84. The Labute approximate surface area is 210 Å². The molecule has 2 heterocycles. The molecule has 0 bridgehead atoms. The standard InChI is InChI=1S/C24H29ClN4O5S/c1-15(23(31)28-10-8-20(14-28)26-16(2)30)29-11-9-22(24(29)32)27(3)35(33,34)21-7-5-17-12-19(25)6-4-18(17)13-21/h4-7,12-13,15,20,22H,8-11,14H2,1-3H3,(H,26,30). The monoisotopic (exact) mass is 520 g/mol. The summed E-state index contributed by atoms with van der Waals surface area (Å²) < 4.78 is 27.8. The molecule has 1 N–H and O–H groups in total. The summed E-state index contributed by atoms with van der Waals surface area (Å²) in [5, 5.41) is 4.92. The molecule has 2 aromatic rings. The Balaban J connectivity index is 1.46. The Bertz CT molecular complexity index is 1280. The van der Waals surface area contributed by atoms with Crippen molar-refractivity contribution in [3.05, 3.63) is 41.4 Å². The number of sulfonamides is 1. The zero-order valence-electron chi connectivity index (χ0n) is 19.9. The molecule has 0 radical (unpaired) electrons. The second-order valence-electron chi connectivity index (χ2n) is 9.16.